The van der Waals surface area contributed by atoms with Crippen LogP contribution in [0, 0.1) is 0 Å². The summed E-state index contributed by atoms with van der Waals surface area (Å²) in [6.45, 7) is 3.00. The van der Waals surface area contributed by atoms with Gasteiger partial charge in [0, 0.05) is 54.4 Å². The second kappa shape index (κ2) is 11.0. The minimum absolute atomic E-state index is 0.0285. The van der Waals surface area contributed by atoms with E-state index in [4.69, 9.17) is 28.9 Å². The number of nitrogens with two attached hydrogens (primary N) is 1. The van der Waals surface area contributed by atoms with E-state index in [1.165, 1.54) is 5.56 Å². The molecule has 0 unspecified atom stereocenters. The number of benzene rings is 3. The largest absolute Gasteiger partial charge is 0.334 e. The van der Waals surface area contributed by atoms with E-state index in [0.29, 0.717) is 29.7 Å². The maximum Gasteiger partial charge on any atom is 0.317 e. The lowest BCUT2D eigenvalue weighted by molar-refractivity contribution is 0.0961. The molecule has 3 N–H and O–H groups in total. The Bertz CT molecular complexity index is 1040. The summed E-state index contributed by atoms with van der Waals surface area (Å²) < 4.78 is 0. The lowest BCUT2D eigenvalue weighted by atomic mass is 9.92. The summed E-state index contributed by atoms with van der Waals surface area (Å²) in [5.74, 6) is 0. The number of carbonyl (C=O) groups is 1. The van der Waals surface area contributed by atoms with Gasteiger partial charge in [0.05, 0.1) is 6.04 Å². The number of piperazine rings is 1. The van der Waals surface area contributed by atoms with Crippen LogP contribution in [-0.2, 0) is 6.54 Å². The van der Waals surface area contributed by atoms with Crippen LogP contribution in [0.5, 0.6) is 0 Å². The van der Waals surface area contributed by atoms with Gasteiger partial charge < -0.3 is 16.0 Å². The molecule has 1 saturated heterocycles. The van der Waals surface area contributed by atoms with E-state index < -0.39 is 0 Å². The Morgan fingerprint density at radius 2 is 1.36 bits per heavy atom. The van der Waals surface area contributed by atoms with Crippen molar-refractivity contribution in [1.29, 1.82) is 0 Å². The fourth-order valence-electron chi connectivity index (χ4n) is 4.33. The van der Waals surface area contributed by atoms with Crippen molar-refractivity contribution in [3.8, 4) is 0 Å². The summed E-state index contributed by atoms with van der Waals surface area (Å²) in [4.78, 5) is 17.0. The van der Waals surface area contributed by atoms with Crippen LogP contribution in [0.25, 0.3) is 0 Å². The molecule has 7 heteroatoms. The van der Waals surface area contributed by atoms with E-state index in [9.17, 15) is 4.79 Å². The topological polar surface area (TPSA) is 61.6 Å². The number of hydrogen-bond donors (Lipinski definition) is 2. The molecule has 1 aliphatic rings. The Morgan fingerprint density at radius 3 is 1.94 bits per heavy atom. The molecule has 0 spiro atoms. The Morgan fingerprint density at radius 1 is 0.818 bits per heavy atom. The molecule has 1 fully saturated rings. The van der Waals surface area contributed by atoms with Gasteiger partial charge in [0.1, 0.15) is 0 Å². The molecule has 5 nitrogen and oxygen atoms in total. The van der Waals surface area contributed by atoms with Crippen LogP contribution in [-0.4, -0.2) is 42.0 Å². The Balaban J connectivity index is 1.41. The molecule has 0 saturated carbocycles. The summed E-state index contributed by atoms with van der Waals surface area (Å²) in [6, 6.07) is 25.6. The quantitative estimate of drug-likeness (QED) is 0.503. The first-order valence-corrected chi connectivity index (χ1v) is 11.9. The van der Waals surface area contributed by atoms with Gasteiger partial charge in [-0.1, -0.05) is 89.9 Å². The predicted octanol–water partition coefficient (Wildman–Crippen LogP) is 5.26. The predicted molar refractivity (Wildman–Crippen MR) is 134 cm³/mol. The molecule has 33 heavy (non-hydrogen) atoms. The first kappa shape index (κ1) is 23.6. The second-order valence-electron chi connectivity index (χ2n) is 8.17. The fraction of sp³-hybridized carbons (Fsp3) is 0.269. The maximum atomic E-state index is 12.8. The third kappa shape index (κ3) is 5.68. The molecule has 1 aliphatic heterocycles. The molecule has 2 atom stereocenters. The number of nitrogens with zero attached hydrogens (tertiary/aromatic N) is 2. The highest BCUT2D eigenvalue weighted by Gasteiger charge is 2.31. The molecule has 172 valence electrons. The minimum Gasteiger partial charge on any atom is -0.334 e. The molecule has 4 rings (SSSR count). The third-order valence-corrected chi connectivity index (χ3v) is 6.85. The van der Waals surface area contributed by atoms with Crippen LogP contribution in [0.3, 0.4) is 0 Å². The zero-order valence-electron chi connectivity index (χ0n) is 18.3. The van der Waals surface area contributed by atoms with E-state index in [1.54, 1.807) is 18.2 Å². The van der Waals surface area contributed by atoms with Crippen molar-refractivity contribution in [1.82, 2.24) is 15.1 Å². The minimum atomic E-state index is -0.170. The second-order valence-corrected chi connectivity index (χ2v) is 8.99. The highest BCUT2D eigenvalue weighted by Crippen LogP contribution is 2.33. The molecule has 3 aromatic rings. The molecule has 0 aromatic heterocycles. The average molecular weight is 483 g/mol. The molecular formula is C26H28Cl2N4O. The summed E-state index contributed by atoms with van der Waals surface area (Å²) in [5, 5.41) is 4.05. The third-order valence-electron chi connectivity index (χ3n) is 6.14. The van der Waals surface area contributed by atoms with Gasteiger partial charge in [0.2, 0.25) is 0 Å². The van der Waals surface area contributed by atoms with E-state index in [2.05, 4.69) is 34.5 Å². The normalized spacial score (nSPS) is 16.3. The molecule has 0 bridgehead atoms. The van der Waals surface area contributed by atoms with Crippen molar-refractivity contribution < 1.29 is 4.79 Å². The van der Waals surface area contributed by atoms with Gasteiger partial charge in [-0.05, 0) is 23.3 Å². The zero-order chi connectivity index (χ0) is 23.2. The molecule has 1 heterocycles. The number of hydrogen-bond acceptors (Lipinski definition) is 3. The Labute approximate surface area is 205 Å². The van der Waals surface area contributed by atoms with Crippen LogP contribution in [0.15, 0.2) is 78.9 Å². The molecule has 0 radical (unpaired) electrons. The van der Waals surface area contributed by atoms with E-state index in [0.717, 1.165) is 24.2 Å². The number of amides is 2. The van der Waals surface area contributed by atoms with Gasteiger partial charge in [-0.25, -0.2) is 4.79 Å². The number of nitrogens with one attached hydrogen (secondary N) is 1. The first-order chi connectivity index (χ1) is 16.0. The van der Waals surface area contributed by atoms with Gasteiger partial charge in [0.25, 0.3) is 0 Å². The lowest BCUT2D eigenvalue weighted by Gasteiger charge is -2.41. The lowest BCUT2D eigenvalue weighted by Crippen LogP contribution is -2.53. The van der Waals surface area contributed by atoms with Crippen LogP contribution in [0.2, 0.25) is 10.0 Å². The summed E-state index contributed by atoms with van der Waals surface area (Å²) >= 11 is 12.4. The van der Waals surface area contributed by atoms with Crippen LogP contribution >= 0.6 is 23.2 Å². The first-order valence-electron chi connectivity index (χ1n) is 11.1. The molecule has 0 aliphatic carbocycles. The number of urea groups is 1. The number of rotatable bonds is 6. The van der Waals surface area contributed by atoms with Crippen molar-refractivity contribution in [3.63, 3.8) is 0 Å². The monoisotopic (exact) mass is 482 g/mol. The zero-order valence-corrected chi connectivity index (χ0v) is 19.8. The SMILES string of the molecule is N[C@@H](c1ccccc1)[C@@H](c1ccccc1)N1CCN(C(=O)NCc2c(Cl)cccc2Cl)CC1. The smallest absolute Gasteiger partial charge is 0.317 e. The van der Waals surface area contributed by atoms with Gasteiger partial charge in [-0.15, -0.1) is 0 Å². The van der Waals surface area contributed by atoms with E-state index in [-0.39, 0.29) is 18.1 Å². The fourth-order valence-corrected chi connectivity index (χ4v) is 4.86. The van der Waals surface area contributed by atoms with Crippen LogP contribution < -0.4 is 11.1 Å². The summed E-state index contributed by atoms with van der Waals surface area (Å²) in [7, 11) is 0. The summed E-state index contributed by atoms with van der Waals surface area (Å²) in [5.41, 5.74) is 9.79. The molecule has 2 amide bonds. The van der Waals surface area contributed by atoms with Crippen molar-refractivity contribution in [2.45, 2.75) is 18.6 Å². The van der Waals surface area contributed by atoms with Crippen molar-refractivity contribution in [3.05, 3.63) is 106 Å². The highest BCUT2D eigenvalue weighted by atomic mass is 35.5. The maximum absolute atomic E-state index is 12.8. The van der Waals surface area contributed by atoms with Gasteiger partial charge in [-0.2, -0.15) is 0 Å². The summed E-state index contributed by atoms with van der Waals surface area (Å²) in [6.07, 6.45) is 0. The molecular weight excluding hydrogens is 455 g/mol. The van der Waals surface area contributed by atoms with Crippen molar-refractivity contribution in [2.24, 2.45) is 5.73 Å². The average Bonchev–Trinajstić information content (AvgIpc) is 2.85. The van der Waals surface area contributed by atoms with E-state index >= 15 is 0 Å². The Hall–Kier alpha value is -2.57. The number of halogens is 2. The van der Waals surface area contributed by atoms with E-state index in [1.807, 2.05) is 41.3 Å². The van der Waals surface area contributed by atoms with Crippen LogP contribution in [0.1, 0.15) is 28.8 Å². The van der Waals surface area contributed by atoms with Gasteiger partial charge in [-0.3, -0.25) is 4.90 Å². The van der Waals surface area contributed by atoms with Gasteiger partial charge in [0.15, 0.2) is 0 Å². The van der Waals surface area contributed by atoms with Crippen molar-refractivity contribution in [2.75, 3.05) is 26.2 Å². The van der Waals surface area contributed by atoms with Crippen molar-refractivity contribution >= 4 is 29.2 Å². The number of carbonyl (C=O) groups excluding carboxylic acids is 1. The standard InChI is InChI=1S/C26H28Cl2N4O/c27-22-12-7-13-23(28)21(22)18-30-26(33)32-16-14-31(15-17-32)25(20-10-5-2-6-11-20)24(29)19-8-3-1-4-9-19/h1-13,24-25H,14-18,29H2,(H,30,33)/t24-,25+/m0/s1. The molecule has 3 aromatic carbocycles. The Kier molecular flexibility index (Phi) is 7.89. The van der Waals surface area contributed by atoms with Gasteiger partial charge >= 0.3 is 6.03 Å². The van der Waals surface area contributed by atoms with Crippen LogP contribution in [0.4, 0.5) is 4.79 Å². The highest BCUT2D eigenvalue weighted by molar-refractivity contribution is 6.36.